The summed E-state index contributed by atoms with van der Waals surface area (Å²) in [5.41, 5.74) is 2.03. The Hall–Kier alpha value is -1.73. The molecule has 0 fully saturated rings. The topological polar surface area (TPSA) is 69.8 Å². The van der Waals surface area contributed by atoms with Crippen molar-refractivity contribution in [3.05, 3.63) is 46.2 Å². The summed E-state index contributed by atoms with van der Waals surface area (Å²) in [6.07, 6.45) is 2.10. The molecular weight excluding hydrogens is 327 g/mol. The lowest BCUT2D eigenvalue weighted by Gasteiger charge is -2.22. The highest BCUT2D eigenvalue weighted by molar-refractivity contribution is 9.10. The molecule has 2 aromatic rings. The number of aromatic nitrogens is 2. The van der Waals surface area contributed by atoms with Gasteiger partial charge in [0.15, 0.2) is 0 Å². The highest BCUT2D eigenvalue weighted by Crippen LogP contribution is 2.21. The third-order valence-electron chi connectivity index (χ3n) is 3.23. The first-order valence-corrected chi connectivity index (χ1v) is 6.93. The third-order valence-corrected chi connectivity index (χ3v) is 3.73. The minimum Gasteiger partial charge on any atom is -0.347 e. The Kier molecular flexibility index (Phi) is 3.54. The van der Waals surface area contributed by atoms with E-state index in [2.05, 4.69) is 36.5 Å². The molecule has 1 aromatic carbocycles. The Morgan fingerprint density at radius 1 is 1.50 bits per heavy atom. The quantitative estimate of drug-likeness (QED) is 0.784. The van der Waals surface area contributed by atoms with Gasteiger partial charge in [0.25, 0.3) is 0 Å². The van der Waals surface area contributed by atoms with Gasteiger partial charge in [-0.25, -0.2) is 9.37 Å². The molecule has 1 atom stereocenters. The summed E-state index contributed by atoms with van der Waals surface area (Å²) in [5.74, 6) is -0.728. The van der Waals surface area contributed by atoms with E-state index in [0.29, 0.717) is 17.4 Å². The molecule has 1 aliphatic rings. The first kappa shape index (κ1) is 13.3. The fourth-order valence-corrected chi connectivity index (χ4v) is 2.53. The van der Waals surface area contributed by atoms with Crippen molar-refractivity contribution in [2.75, 3.05) is 5.32 Å². The number of carbonyl (C=O) groups is 1. The average molecular weight is 339 g/mol. The molecule has 1 aliphatic heterocycles. The molecule has 20 heavy (non-hydrogen) atoms. The zero-order valence-electron chi connectivity index (χ0n) is 10.4. The molecule has 0 bridgehead atoms. The van der Waals surface area contributed by atoms with Crippen molar-refractivity contribution in [1.29, 1.82) is 0 Å². The number of hydrogen-bond donors (Lipinski definition) is 3. The fourth-order valence-electron chi connectivity index (χ4n) is 2.17. The van der Waals surface area contributed by atoms with Crippen molar-refractivity contribution in [3.63, 3.8) is 0 Å². The van der Waals surface area contributed by atoms with Gasteiger partial charge in [0.05, 0.1) is 29.4 Å². The molecule has 0 aliphatic carbocycles. The van der Waals surface area contributed by atoms with Crippen molar-refractivity contribution in [3.8, 4) is 0 Å². The summed E-state index contributed by atoms with van der Waals surface area (Å²) in [6, 6.07) is 4.01. The summed E-state index contributed by atoms with van der Waals surface area (Å²) in [5, 5.41) is 5.70. The molecule has 104 valence electrons. The normalized spacial score (nSPS) is 17.6. The monoisotopic (exact) mass is 338 g/mol. The number of hydrogen-bond acceptors (Lipinski definition) is 3. The van der Waals surface area contributed by atoms with Crippen LogP contribution in [0, 0.1) is 5.82 Å². The van der Waals surface area contributed by atoms with Crippen LogP contribution < -0.4 is 10.6 Å². The predicted octanol–water partition coefficient (Wildman–Crippen LogP) is 1.96. The van der Waals surface area contributed by atoms with E-state index in [9.17, 15) is 9.18 Å². The molecule has 1 amide bonds. The van der Waals surface area contributed by atoms with Crippen LogP contribution in [0.4, 0.5) is 10.1 Å². The second-order valence-corrected chi connectivity index (χ2v) is 5.49. The van der Waals surface area contributed by atoms with Gasteiger partial charge in [0.2, 0.25) is 5.91 Å². The summed E-state index contributed by atoms with van der Waals surface area (Å²) < 4.78 is 14.3. The van der Waals surface area contributed by atoms with Crippen LogP contribution in [0.15, 0.2) is 29.0 Å². The van der Waals surface area contributed by atoms with Gasteiger partial charge in [-0.05, 0) is 18.2 Å². The number of H-pyrrole nitrogens is 1. The van der Waals surface area contributed by atoms with Crippen molar-refractivity contribution in [2.24, 2.45) is 0 Å². The van der Waals surface area contributed by atoms with Gasteiger partial charge in [0.1, 0.15) is 5.82 Å². The molecule has 0 radical (unpaired) electrons. The number of nitrogens with one attached hydrogen (secondary N) is 3. The van der Waals surface area contributed by atoms with Gasteiger partial charge < -0.3 is 10.3 Å². The largest absolute Gasteiger partial charge is 0.347 e. The number of carbonyl (C=O) groups excluding carboxylic acids is 1. The highest BCUT2D eigenvalue weighted by atomic mass is 79.9. The van der Waals surface area contributed by atoms with E-state index >= 15 is 0 Å². The van der Waals surface area contributed by atoms with Gasteiger partial charge in [-0.15, -0.1) is 0 Å². The van der Waals surface area contributed by atoms with Crippen LogP contribution in [0.2, 0.25) is 0 Å². The lowest BCUT2D eigenvalue weighted by molar-refractivity contribution is -0.118. The van der Waals surface area contributed by atoms with Crippen molar-refractivity contribution < 1.29 is 9.18 Å². The van der Waals surface area contributed by atoms with Crippen molar-refractivity contribution >= 4 is 27.5 Å². The smallest absolute Gasteiger partial charge is 0.242 e. The Labute approximate surface area is 123 Å². The molecule has 1 aromatic heterocycles. The Bertz CT molecular complexity index is 658. The maximum absolute atomic E-state index is 13.6. The molecule has 5 nitrogen and oxygen atoms in total. The number of anilines is 1. The first-order chi connectivity index (χ1) is 9.63. The van der Waals surface area contributed by atoms with Crippen LogP contribution in [0.1, 0.15) is 11.4 Å². The number of benzene rings is 1. The van der Waals surface area contributed by atoms with Crippen molar-refractivity contribution in [2.45, 2.75) is 19.0 Å². The second-order valence-electron chi connectivity index (χ2n) is 4.58. The van der Waals surface area contributed by atoms with Crippen LogP contribution in [0.3, 0.4) is 0 Å². The number of nitrogens with zero attached hydrogens (tertiary/aromatic N) is 1. The van der Waals surface area contributed by atoms with Gasteiger partial charge >= 0.3 is 0 Å². The van der Waals surface area contributed by atoms with Crippen LogP contribution >= 0.6 is 15.9 Å². The molecule has 7 heteroatoms. The third kappa shape index (κ3) is 2.59. The van der Waals surface area contributed by atoms with Crippen LogP contribution in [-0.4, -0.2) is 21.9 Å². The maximum atomic E-state index is 13.6. The number of halogens is 2. The lowest BCUT2D eigenvalue weighted by Crippen LogP contribution is -2.44. The van der Waals surface area contributed by atoms with E-state index in [1.165, 1.54) is 12.1 Å². The van der Waals surface area contributed by atoms with E-state index in [4.69, 9.17) is 0 Å². The van der Waals surface area contributed by atoms with E-state index in [1.54, 1.807) is 12.4 Å². The maximum Gasteiger partial charge on any atom is 0.242 e. The minimum absolute atomic E-state index is 0.166. The first-order valence-electron chi connectivity index (χ1n) is 6.14. The Morgan fingerprint density at radius 2 is 2.35 bits per heavy atom. The Morgan fingerprint density at radius 3 is 3.20 bits per heavy atom. The number of imidazole rings is 1. The number of amides is 1. The van der Waals surface area contributed by atoms with E-state index < -0.39 is 11.9 Å². The summed E-state index contributed by atoms with van der Waals surface area (Å²) >= 11 is 3.25. The molecule has 0 saturated heterocycles. The zero-order valence-corrected chi connectivity index (χ0v) is 12.0. The summed E-state index contributed by atoms with van der Waals surface area (Å²) in [7, 11) is 0. The van der Waals surface area contributed by atoms with Gasteiger partial charge in [-0.1, -0.05) is 15.9 Å². The van der Waals surface area contributed by atoms with E-state index in [1.807, 2.05) is 0 Å². The summed E-state index contributed by atoms with van der Waals surface area (Å²) in [6.45, 7) is 0.550. The van der Waals surface area contributed by atoms with Crippen LogP contribution in [0.25, 0.3) is 0 Å². The zero-order chi connectivity index (χ0) is 14.1. The molecule has 3 N–H and O–H groups in total. The summed E-state index contributed by atoms with van der Waals surface area (Å²) in [4.78, 5) is 19.4. The van der Waals surface area contributed by atoms with Crippen LogP contribution in [0.5, 0.6) is 0 Å². The molecule has 0 spiro atoms. The van der Waals surface area contributed by atoms with Crippen LogP contribution in [-0.2, 0) is 17.8 Å². The minimum atomic E-state index is -0.460. The van der Waals surface area contributed by atoms with Gasteiger partial charge in [0, 0.05) is 17.4 Å². The second kappa shape index (κ2) is 5.34. The molecule has 0 saturated carbocycles. The van der Waals surface area contributed by atoms with Gasteiger partial charge in [-0.3, -0.25) is 10.1 Å². The predicted molar refractivity (Wildman–Crippen MR) is 75.6 cm³/mol. The number of fused-ring (bicyclic) bond motifs is 1. The fraction of sp³-hybridized carbons (Fsp3) is 0.231. The lowest BCUT2D eigenvalue weighted by atomic mass is 10.0. The van der Waals surface area contributed by atoms with Crippen molar-refractivity contribution in [1.82, 2.24) is 15.3 Å². The number of rotatable bonds is 2. The van der Waals surface area contributed by atoms with E-state index in [-0.39, 0.29) is 11.6 Å². The Balaban J connectivity index is 1.73. The highest BCUT2D eigenvalue weighted by Gasteiger charge is 2.26. The average Bonchev–Trinajstić information content (AvgIpc) is 2.90. The molecule has 3 rings (SSSR count). The molecule has 1 unspecified atom stereocenters. The number of aromatic amines is 1. The SMILES string of the molecule is O=C(Nc1cc(Br)ccc1F)C1Cc2nc[nH]c2CN1. The van der Waals surface area contributed by atoms with E-state index in [0.717, 1.165) is 11.4 Å². The molecule has 2 heterocycles. The molecular formula is C13H12BrFN4O. The standard InChI is InChI=1S/C13H12BrFN4O/c14-7-1-2-8(15)9(3-7)19-13(20)11-4-10-12(5-16-11)18-6-17-10/h1-3,6,11,16H,4-5H2,(H,17,18)(H,19,20). The van der Waals surface area contributed by atoms with Gasteiger partial charge in [-0.2, -0.15) is 0 Å².